The third-order valence-corrected chi connectivity index (χ3v) is 11.6. The molecular weight excluding hydrogens is 731 g/mol. The van der Waals surface area contributed by atoms with Gasteiger partial charge >= 0.3 is 11.9 Å². The van der Waals surface area contributed by atoms with Gasteiger partial charge in [-0.05, 0) is 25.7 Å². The van der Waals surface area contributed by atoms with Crippen LogP contribution in [0.2, 0.25) is 0 Å². The lowest BCUT2D eigenvalue weighted by atomic mass is 10.0. The van der Waals surface area contributed by atoms with Crippen molar-refractivity contribution < 1.29 is 19.4 Å². The van der Waals surface area contributed by atoms with Gasteiger partial charge in [0.25, 0.3) is 0 Å². The van der Waals surface area contributed by atoms with E-state index in [1.165, 1.54) is 0 Å². The van der Waals surface area contributed by atoms with Gasteiger partial charge in [0, 0.05) is 11.8 Å². The number of carbonyl (C=O) groups excluding carboxylic acids is 2. The van der Waals surface area contributed by atoms with E-state index in [0.717, 1.165) is 77.0 Å². The number of unbranched alkanes of at least 4 members (excludes halogenated alkanes) is 10. The molecule has 0 saturated carbocycles. The van der Waals surface area contributed by atoms with Crippen LogP contribution in [0.4, 0.5) is 0 Å². The van der Waals surface area contributed by atoms with Gasteiger partial charge in [-0.25, -0.2) is 19.4 Å². The summed E-state index contributed by atoms with van der Waals surface area (Å²) in [6.45, 7) is 0. The van der Waals surface area contributed by atoms with Crippen LogP contribution >= 0.6 is 116 Å². The van der Waals surface area contributed by atoms with E-state index < -0.39 is 55.0 Å². The van der Waals surface area contributed by atoms with Gasteiger partial charge in [0.15, 0.2) is 10.8 Å². The third kappa shape index (κ3) is 18.6. The van der Waals surface area contributed by atoms with Gasteiger partial charge in [0.1, 0.15) is 0 Å². The number of halogens is 10. The minimum absolute atomic E-state index is 0.520. The average molecular weight is 771 g/mol. The van der Waals surface area contributed by atoms with Crippen LogP contribution in [0.15, 0.2) is 0 Å². The van der Waals surface area contributed by atoms with Gasteiger partial charge in [-0.1, -0.05) is 64.2 Å². The molecule has 0 rings (SSSR count). The highest BCUT2D eigenvalue weighted by molar-refractivity contribution is 6.42. The van der Waals surface area contributed by atoms with Crippen molar-refractivity contribution in [3.63, 3.8) is 0 Å². The zero-order chi connectivity index (χ0) is 30.5. The molecule has 0 amide bonds. The first-order chi connectivity index (χ1) is 19.0. The molecule has 0 aromatic rings. The van der Waals surface area contributed by atoms with Gasteiger partial charge < -0.3 is 0 Å². The van der Waals surface area contributed by atoms with Crippen LogP contribution in [-0.4, -0.2) is 66.7 Å². The normalized spacial score (nSPS) is 17.8. The van der Waals surface area contributed by atoms with E-state index >= 15 is 0 Å². The summed E-state index contributed by atoms with van der Waals surface area (Å²) in [5.74, 6) is -0.894. The molecule has 0 aliphatic rings. The molecular formula is C26H40Cl10O4. The number of hydrogen-bond acceptors (Lipinski definition) is 4. The predicted octanol–water partition coefficient (Wildman–Crippen LogP) is 10.8. The van der Waals surface area contributed by atoms with Crippen LogP contribution in [0.5, 0.6) is 0 Å². The summed E-state index contributed by atoms with van der Waals surface area (Å²) in [6, 6.07) is 0. The molecule has 4 nitrogen and oxygen atoms in total. The lowest BCUT2D eigenvalue weighted by Crippen LogP contribution is -2.40. The summed E-state index contributed by atoms with van der Waals surface area (Å²) in [7, 11) is 0. The van der Waals surface area contributed by atoms with Crippen LogP contribution in [0.3, 0.4) is 0 Å². The van der Waals surface area contributed by atoms with Crippen molar-refractivity contribution in [1.29, 1.82) is 0 Å². The molecule has 0 radical (unpaired) electrons. The molecule has 8 atom stereocenters. The molecule has 0 aliphatic carbocycles. The van der Waals surface area contributed by atoms with E-state index in [2.05, 4.69) is 9.78 Å². The van der Waals surface area contributed by atoms with Gasteiger partial charge in [-0.3, -0.25) is 0 Å². The molecule has 0 spiro atoms. The maximum atomic E-state index is 12.3. The molecule has 0 N–H and O–H groups in total. The smallest absolute Gasteiger partial charge is 0.246 e. The highest BCUT2D eigenvalue weighted by atomic mass is 35.5. The molecule has 0 aliphatic heterocycles. The van der Waals surface area contributed by atoms with E-state index in [-0.39, 0.29) is 0 Å². The summed E-state index contributed by atoms with van der Waals surface area (Å²) in [6.07, 6.45) is 13.5. The summed E-state index contributed by atoms with van der Waals surface area (Å²) in [5, 5.41) is -7.74. The van der Waals surface area contributed by atoms with Gasteiger partial charge in [-0.15, -0.1) is 116 Å². The Morgan fingerprint density at radius 3 is 1.00 bits per heavy atom. The highest BCUT2D eigenvalue weighted by Gasteiger charge is 2.39. The number of hydrogen-bond donors (Lipinski definition) is 0. The quantitative estimate of drug-likeness (QED) is 0.0425. The molecule has 0 fully saturated rings. The monoisotopic (exact) mass is 766 g/mol. The molecule has 14 heteroatoms. The lowest BCUT2D eigenvalue weighted by molar-refractivity contribution is -0.258. The van der Waals surface area contributed by atoms with Crippen LogP contribution in [0.1, 0.15) is 89.9 Å². The Kier molecular flexibility index (Phi) is 27.3. The van der Waals surface area contributed by atoms with E-state index in [4.69, 9.17) is 116 Å². The largest absolute Gasteiger partial charge is 0.374 e. The van der Waals surface area contributed by atoms with Crippen molar-refractivity contribution in [3.05, 3.63) is 0 Å². The fourth-order valence-electron chi connectivity index (χ4n) is 3.76. The molecule has 0 aromatic carbocycles. The van der Waals surface area contributed by atoms with Crippen molar-refractivity contribution in [1.82, 2.24) is 0 Å². The zero-order valence-corrected chi connectivity index (χ0v) is 29.9. The Morgan fingerprint density at radius 1 is 0.425 bits per heavy atom. The van der Waals surface area contributed by atoms with Gasteiger partial charge in [-0.2, -0.15) is 0 Å². The van der Waals surface area contributed by atoms with E-state index in [9.17, 15) is 9.59 Å². The molecule has 0 heterocycles. The predicted molar refractivity (Wildman–Crippen MR) is 175 cm³/mol. The van der Waals surface area contributed by atoms with Crippen molar-refractivity contribution in [2.45, 2.75) is 133 Å². The van der Waals surface area contributed by atoms with Crippen molar-refractivity contribution in [2.75, 3.05) is 11.8 Å². The number of carbonyl (C=O) groups is 2. The van der Waals surface area contributed by atoms with Gasteiger partial charge in [0.05, 0.1) is 32.3 Å². The van der Waals surface area contributed by atoms with Gasteiger partial charge in [0.2, 0.25) is 0 Å². The molecule has 238 valence electrons. The van der Waals surface area contributed by atoms with Crippen LogP contribution in [0.25, 0.3) is 0 Å². The molecule has 8 unspecified atom stereocenters. The fraction of sp³-hybridized carbons (Fsp3) is 0.923. The first-order valence-corrected chi connectivity index (χ1v) is 18.2. The van der Waals surface area contributed by atoms with Crippen LogP contribution < -0.4 is 0 Å². The summed E-state index contributed by atoms with van der Waals surface area (Å²) in [4.78, 5) is 33.7. The Bertz CT molecular complexity index is 609. The van der Waals surface area contributed by atoms with Crippen molar-refractivity contribution in [3.8, 4) is 0 Å². The number of alkyl halides is 10. The van der Waals surface area contributed by atoms with Crippen LogP contribution in [0, 0.1) is 0 Å². The summed E-state index contributed by atoms with van der Waals surface area (Å²) in [5.41, 5.74) is 0. The van der Waals surface area contributed by atoms with Crippen LogP contribution in [-0.2, 0) is 19.4 Å². The average Bonchev–Trinajstić information content (AvgIpc) is 2.95. The third-order valence-electron chi connectivity index (χ3n) is 6.24. The SMILES string of the molecule is O=C(OOC(=O)C(Cl)C(Cl)C(Cl)C(Cl)CCCCCCCCCl)C(Cl)C(Cl)C(Cl)C(Cl)CCCCCCCCCl. The fourth-order valence-corrected chi connectivity index (χ4v) is 6.54. The lowest BCUT2D eigenvalue weighted by Gasteiger charge is -2.24. The molecule has 40 heavy (non-hydrogen) atoms. The summed E-state index contributed by atoms with van der Waals surface area (Å²) >= 11 is 61.5. The first kappa shape index (κ1) is 41.8. The number of rotatable bonds is 24. The second-order valence-electron chi connectivity index (χ2n) is 9.62. The van der Waals surface area contributed by atoms with Crippen molar-refractivity contribution >= 4 is 128 Å². The molecule has 0 aromatic heterocycles. The Balaban J connectivity index is 4.43. The maximum absolute atomic E-state index is 12.3. The van der Waals surface area contributed by atoms with E-state index in [1.807, 2.05) is 0 Å². The Labute approximate surface area is 289 Å². The summed E-state index contributed by atoms with van der Waals surface area (Å²) < 4.78 is 0. The topological polar surface area (TPSA) is 52.6 Å². The second kappa shape index (κ2) is 26.1. The standard InChI is InChI=1S/C26H40Cl10O4/c27-15-11-7-3-1-5-9-13-17(29)19(31)21(33)23(35)25(37)39-40-26(38)24(36)22(34)20(32)18(30)14-10-6-2-4-8-12-16-28/h17-24H,1-16H2. The molecule has 0 saturated heterocycles. The highest BCUT2D eigenvalue weighted by Crippen LogP contribution is 2.30. The Morgan fingerprint density at radius 2 is 0.700 bits per heavy atom. The van der Waals surface area contributed by atoms with E-state index in [1.54, 1.807) is 0 Å². The zero-order valence-electron chi connectivity index (χ0n) is 22.3. The minimum Gasteiger partial charge on any atom is -0.246 e. The Hall–Kier alpha value is 1.84. The minimum atomic E-state index is -1.43. The first-order valence-electron chi connectivity index (χ1n) is 13.7. The van der Waals surface area contributed by atoms with E-state index in [0.29, 0.717) is 24.6 Å². The maximum Gasteiger partial charge on any atom is 0.374 e. The van der Waals surface area contributed by atoms with Crippen molar-refractivity contribution in [2.24, 2.45) is 0 Å². The molecule has 0 bridgehead atoms. The second-order valence-corrected chi connectivity index (χ2v) is 14.4.